The number of nitrogens with zero attached hydrogens (tertiary/aromatic N) is 6. The molecule has 1 N–H and O–H groups in total. The predicted octanol–water partition coefficient (Wildman–Crippen LogP) is 11.1. The molecule has 0 bridgehead atoms. The second kappa shape index (κ2) is 18.9. The molecule has 0 saturated carbocycles. The highest BCUT2D eigenvalue weighted by Gasteiger charge is 2.38. The Kier molecular flexibility index (Phi) is 14.0. The van der Waals surface area contributed by atoms with Gasteiger partial charge in [0.25, 0.3) is 0 Å². The lowest BCUT2D eigenvalue weighted by atomic mass is 10.0. The van der Waals surface area contributed by atoms with Crippen molar-refractivity contribution < 1.29 is 47.3 Å². The van der Waals surface area contributed by atoms with E-state index in [0.29, 0.717) is 74.1 Å². The van der Waals surface area contributed by atoms with E-state index in [1.165, 1.54) is 14.7 Å². The number of carbonyl (C=O) groups excluding carboxylic acids is 3. The molecule has 0 aliphatic carbocycles. The maximum absolute atomic E-state index is 13.4. The molecule has 338 valence electrons. The molecule has 4 amide bonds. The third kappa shape index (κ3) is 12.0. The zero-order chi connectivity index (χ0) is 45.9. The second-order valence-electron chi connectivity index (χ2n) is 18.5. The smallest absolute Gasteiger partial charge is 0.418 e. The zero-order valence-electron chi connectivity index (χ0n) is 37.3. The van der Waals surface area contributed by atoms with Crippen LogP contribution in [0.25, 0.3) is 33.3 Å². The number of anilines is 2. The predicted molar refractivity (Wildman–Crippen MR) is 242 cm³/mol. The fraction of sp³-hybridized carbons (Fsp3) is 0.478. The van der Waals surface area contributed by atoms with Crippen LogP contribution in [-0.2, 0) is 14.2 Å². The number of likely N-dealkylation sites (tertiary alicyclic amines) is 2. The third-order valence-electron chi connectivity index (χ3n) is 10.0. The summed E-state index contributed by atoms with van der Waals surface area (Å²) in [4.78, 5) is 65.1. The van der Waals surface area contributed by atoms with Gasteiger partial charge in [0.05, 0.1) is 4.47 Å². The summed E-state index contributed by atoms with van der Waals surface area (Å²) in [6.45, 7) is 18.0. The van der Waals surface area contributed by atoms with Gasteiger partial charge in [-0.25, -0.2) is 29.0 Å². The Bertz CT molecular complexity index is 2400. The topological polar surface area (TPSA) is 181 Å². The number of benzene rings is 3. The number of carbonyl (C=O) groups is 4. The minimum atomic E-state index is -0.955. The Balaban J connectivity index is 0.000000219. The van der Waals surface area contributed by atoms with Gasteiger partial charge in [-0.3, -0.25) is 0 Å². The molecule has 63 heavy (non-hydrogen) atoms. The summed E-state index contributed by atoms with van der Waals surface area (Å²) >= 11 is 3.42. The van der Waals surface area contributed by atoms with E-state index in [0.717, 1.165) is 15.6 Å². The molecular formula is C46H57BrN6O10. The van der Waals surface area contributed by atoms with Gasteiger partial charge in [0, 0.05) is 43.8 Å². The molecule has 2 saturated heterocycles. The van der Waals surface area contributed by atoms with Crippen LogP contribution in [0.3, 0.4) is 0 Å². The molecule has 2 aliphatic rings. The van der Waals surface area contributed by atoms with Gasteiger partial charge in [0.2, 0.25) is 0 Å². The van der Waals surface area contributed by atoms with Gasteiger partial charge in [-0.15, -0.1) is 0 Å². The number of para-hydroxylation sites is 2. The van der Waals surface area contributed by atoms with Gasteiger partial charge in [0.1, 0.15) is 27.8 Å². The molecule has 16 nitrogen and oxygen atoms in total. The molecule has 0 unspecified atom stereocenters. The molecular weight excluding hydrogens is 876 g/mol. The molecule has 0 spiro atoms. The van der Waals surface area contributed by atoms with Crippen molar-refractivity contribution in [1.29, 1.82) is 0 Å². The van der Waals surface area contributed by atoms with Crippen molar-refractivity contribution in [2.75, 3.05) is 36.0 Å². The molecule has 3 aromatic carbocycles. The third-order valence-corrected chi connectivity index (χ3v) is 10.6. The number of rotatable bonds is 5. The number of halogens is 1. The van der Waals surface area contributed by atoms with E-state index in [2.05, 4.69) is 25.9 Å². The molecule has 2 fully saturated rings. The standard InChI is InChI=1S/C28H35N3O5.C18H22BrN3O5/c1-27(2,3)35-25(32)30-17-15-20(16-18-30)31(26(33)36-28(4,5)6)24-29-22-14-10-13-21(23(22)34-24)19-11-8-7-9-12-19;1-18(2,3)27-17(25)22(11-7-9-21(10-8-11)16(23)24)15-20-13-6-4-5-12(19)14(13)26-15/h7-14,20H,15-18H2,1-6H3;4-6,11H,7-10H2,1-3H3,(H,23,24). The minimum absolute atomic E-state index is 0.153. The number of amides is 4. The Morgan fingerprint density at radius 3 is 1.52 bits per heavy atom. The molecule has 0 radical (unpaired) electrons. The van der Waals surface area contributed by atoms with Crippen LogP contribution in [0.1, 0.15) is 88.0 Å². The van der Waals surface area contributed by atoms with Crippen molar-refractivity contribution in [3.63, 3.8) is 0 Å². The van der Waals surface area contributed by atoms with E-state index in [9.17, 15) is 19.2 Å². The molecule has 5 aromatic rings. The first kappa shape index (κ1) is 46.7. The van der Waals surface area contributed by atoms with Crippen LogP contribution >= 0.6 is 15.9 Å². The fourth-order valence-corrected chi connectivity index (χ4v) is 7.67. The Labute approximate surface area is 375 Å². The van der Waals surface area contributed by atoms with Crippen molar-refractivity contribution in [1.82, 2.24) is 19.8 Å². The number of fused-ring (bicyclic) bond motifs is 2. The zero-order valence-corrected chi connectivity index (χ0v) is 38.9. The molecule has 4 heterocycles. The number of piperidine rings is 2. The van der Waals surface area contributed by atoms with Crippen LogP contribution in [0.4, 0.5) is 31.2 Å². The quantitative estimate of drug-likeness (QED) is 0.165. The Hall–Kier alpha value is -5.84. The molecule has 2 aromatic heterocycles. The van der Waals surface area contributed by atoms with Crippen molar-refractivity contribution in [3.8, 4) is 11.1 Å². The fourth-order valence-electron chi connectivity index (χ4n) is 7.23. The summed E-state index contributed by atoms with van der Waals surface area (Å²) in [5.74, 6) is 0. The normalized spacial score (nSPS) is 15.4. The summed E-state index contributed by atoms with van der Waals surface area (Å²) in [6, 6.07) is 21.0. The number of hydrogen-bond donors (Lipinski definition) is 1. The maximum atomic E-state index is 13.4. The van der Waals surface area contributed by atoms with E-state index in [1.807, 2.05) is 102 Å². The van der Waals surface area contributed by atoms with Crippen molar-refractivity contribution in [2.24, 2.45) is 0 Å². The van der Waals surface area contributed by atoms with Crippen LogP contribution in [0, 0.1) is 0 Å². The first-order chi connectivity index (χ1) is 29.6. The summed E-state index contributed by atoms with van der Waals surface area (Å²) in [5.41, 5.74) is 2.41. The lowest BCUT2D eigenvalue weighted by Crippen LogP contribution is -2.51. The average molecular weight is 934 g/mol. The number of oxazole rings is 2. The number of aromatic nitrogens is 2. The molecule has 2 aliphatic heterocycles. The number of carboxylic acid groups (broad SMARTS) is 1. The molecule has 7 rings (SSSR count). The average Bonchev–Trinajstić information content (AvgIpc) is 3.82. The maximum Gasteiger partial charge on any atom is 0.418 e. The Morgan fingerprint density at radius 1 is 0.619 bits per heavy atom. The summed E-state index contributed by atoms with van der Waals surface area (Å²) in [5, 5.41) is 9.15. The van der Waals surface area contributed by atoms with E-state index in [-0.39, 0.29) is 30.2 Å². The number of ether oxygens (including phenoxy) is 3. The van der Waals surface area contributed by atoms with Gasteiger partial charge in [-0.1, -0.05) is 48.5 Å². The highest BCUT2D eigenvalue weighted by molar-refractivity contribution is 9.10. The van der Waals surface area contributed by atoms with Gasteiger partial charge < -0.3 is 38.0 Å². The highest BCUT2D eigenvalue weighted by atomic mass is 79.9. The monoisotopic (exact) mass is 932 g/mol. The van der Waals surface area contributed by atoms with Crippen LogP contribution in [0.2, 0.25) is 0 Å². The van der Waals surface area contributed by atoms with E-state index in [1.54, 1.807) is 31.7 Å². The van der Waals surface area contributed by atoms with Crippen LogP contribution < -0.4 is 9.80 Å². The van der Waals surface area contributed by atoms with E-state index >= 15 is 0 Å². The highest BCUT2D eigenvalue weighted by Crippen LogP contribution is 2.35. The lowest BCUT2D eigenvalue weighted by molar-refractivity contribution is 0.0198. The summed E-state index contributed by atoms with van der Waals surface area (Å²) in [6.07, 6.45) is -0.338. The van der Waals surface area contributed by atoms with Gasteiger partial charge in [0.15, 0.2) is 11.2 Å². The molecule has 0 atom stereocenters. The van der Waals surface area contributed by atoms with Crippen molar-refractivity contribution in [2.45, 2.75) is 117 Å². The van der Waals surface area contributed by atoms with Gasteiger partial charge in [-0.2, -0.15) is 9.97 Å². The van der Waals surface area contributed by atoms with Crippen LogP contribution in [0.15, 0.2) is 80.0 Å². The Morgan fingerprint density at radius 2 is 1.06 bits per heavy atom. The summed E-state index contributed by atoms with van der Waals surface area (Å²) < 4.78 is 29.7. The SMILES string of the molecule is CC(C)(C)OC(=O)N(c1nc2cccc(Br)c2o1)C1CCN(C(=O)O)CC1.CC(C)(C)OC(=O)N1CCC(N(C(=O)OC(C)(C)C)c2nc3cccc(-c4ccccc4)c3o2)CC1. The van der Waals surface area contributed by atoms with Gasteiger partial charge >= 0.3 is 36.4 Å². The van der Waals surface area contributed by atoms with Crippen molar-refractivity contribution in [3.05, 3.63) is 71.2 Å². The number of hydrogen-bond acceptors (Lipinski definition) is 11. The van der Waals surface area contributed by atoms with Crippen LogP contribution in [-0.4, -0.2) is 104 Å². The first-order valence-corrected chi connectivity index (χ1v) is 21.9. The van der Waals surface area contributed by atoms with Crippen LogP contribution in [0.5, 0.6) is 0 Å². The summed E-state index contributed by atoms with van der Waals surface area (Å²) in [7, 11) is 0. The molecule has 17 heteroatoms. The van der Waals surface area contributed by atoms with Crippen molar-refractivity contribution >= 4 is 74.5 Å². The van der Waals surface area contributed by atoms with E-state index < -0.39 is 35.1 Å². The largest absolute Gasteiger partial charge is 0.465 e. The lowest BCUT2D eigenvalue weighted by Gasteiger charge is -2.37. The van der Waals surface area contributed by atoms with E-state index in [4.69, 9.17) is 28.2 Å². The second-order valence-corrected chi connectivity index (χ2v) is 19.4. The first-order valence-electron chi connectivity index (χ1n) is 21.1. The minimum Gasteiger partial charge on any atom is -0.465 e. The van der Waals surface area contributed by atoms with Gasteiger partial charge in [-0.05, 0) is 128 Å².